The Balaban J connectivity index is 1.43. The number of halogens is 2. The summed E-state index contributed by atoms with van der Waals surface area (Å²) >= 11 is 3.41. The number of anilines is 1. The van der Waals surface area contributed by atoms with Gasteiger partial charge in [-0.05, 0) is 64.5 Å². The number of hydrogen-bond acceptors (Lipinski definition) is 6. The number of methoxy groups -OCH3 is 1. The second kappa shape index (κ2) is 9.98. The summed E-state index contributed by atoms with van der Waals surface area (Å²) in [6.07, 6.45) is 4.91. The van der Waals surface area contributed by atoms with Gasteiger partial charge in [0.1, 0.15) is 17.6 Å². The molecule has 3 aromatic carbocycles. The summed E-state index contributed by atoms with van der Waals surface area (Å²) in [7, 11) is 1.51. The molecule has 0 saturated carbocycles. The number of nitrogens with zero attached hydrogens (tertiary/aromatic N) is 2. The van der Waals surface area contributed by atoms with Crippen LogP contribution < -0.4 is 9.64 Å². The van der Waals surface area contributed by atoms with Crippen molar-refractivity contribution in [1.82, 2.24) is 4.90 Å². The van der Waals surface area contributed by atoms with Gasteiger partial charge in [-0.2, -0.15) is 0 Å². The van der Waals surface area contributed by atoms with Gasteiger partial charge in [0, 0.05) is 22.9 Å². The number of rotatable bonds is 6. The van der Waals surface area contributed by atoms with Crippen molar-refractivity contribution in [2.24, 2.45) is 11.8 Å². The number of imide groups is 1. The minimum absolute atomic E-state index is 0.228. The van der Waals surface area contributed by atoms with Crippen LogP contribution in [0.25, 0.3) is 0 Å². The zero-order chi connectivity index (χ0) is 28.1. The largest absolute Gasteiger partial charge is 0.496 e. The van der Waals surface area contributed by atoms with E-state index in [-0.39, 0.29) is 17.3 Å². The van der Waals surface area contributed by atoms with Crippen LogP contribution in [0.3, 0.4) is 0 Å². The monoisotopic (exact) mass is 600 g/mol. The fraction of sp³-hybridized carbons (Fsp3) is 0.161. The molecule has 2 saturated heterocycles. The molecule has 0 radical (unpaired) electrons. The lowest BCUT2D eigenvalue weighted by atomic mass is 9.85. The van der Waals surface area contributed by atoms with Crippen LogP contribution in [-0.2, 0) is 9.59 Å². The number of amides is 2. The van der Waals surface area contributed by atoms with E-state index in [1.165, 1.54) is 31.4 Å². The summed E-state index contributed by atoms with van der Waals surface area (Å²) in [6, 6.07) is 17.0. The van der Waals surface area contributed by atoms with E-state index >= 15 is 0 Å². The molecule has 3 aromatic rings. The standard InChI is InChI=1S/C31H22BrFN2O5/c1-40-24-12-7-18(15-22(24)32)29(37)27-26-25(30(38)35(31(26)39)21-10-8-20(33)9-11-21)23-16-19(13-14-34(23)27)28(36)17-5-3-2-4-6-17/h2-16,23,25-27H,1H3/t23-,25-,26-,27+/m1/s1. The number of hydrogen-bond donors (Lipinski definition) is 0. The van der Waals surface area contributed by atoms with Crippen LogP contribution in [0.15, 0.2) is 101 Å². The maximum Gasteiger partial charge on any atom is 0.240 e. The van der Waals surface area contributed by atoms with Crippen LogP contribution in [-0.4, -0.2) is 47.5 Å². The maximum atomic E-state index is 14.0. The van der Waals surface area contributed by atoms with Crippen LogP contribution in [0, 0.1) is 17.7 Å². The van der Waals surface area contributed by atoms with Gasteiger partial charge in [-0.25, -0.2) is 9.29 Å². The second-order valence-corrected chi connectivity index (χ2v) is 10.6. The molecule has 40 heavy (non-hydrogen) atoms. The van der Waals surface area contributed by atoms with Crippen LogP contribution >= 0.6 is 15.9 Å². The molecule has 7 nitrogen and oxygen atoms in total. The fourth-order valence-electron chi connectivity index (χ4n) is 5.79. The van der Waals surface area contributed by atoms with Gasteiger partial charge in [0.05, 0.1) is 35.1 Å². The van der Waals surface area contributed by atoms with Gasteiger partial charge in [-0.3, -0.25) is 19.2 Å². The highest BCUT2D eigenvalue weighted by molar-refractivity contribution is 9.10. The molecule has 2 fully saturated rings. The fourth-order valence-corrected chi connectivity index (χ4v) is 6.33. The first-order valence-electron chi connectivity index (χ1n) is 12.6. The number of ether oxygens (including phenoxy) is 1. The number of carbonyl (C=O) groups is 4. The molecule has 0 bridgehead atoms. The van der Waals surface area contributed by atoms with Gasteiger partial charge in [0.15, 0.2) is 11.6 Å². The van der Waals surface area contributed by atoms with Crippen molar-refractivity contribution in [2.45, 2.75) is 12.1 Å². The molecule has 2 amide bonds. The molecule has 0 aliphatic carbocycles. The molecule has 3 heterocycles. The normalized spacial score (nSPS) is 23.1. The highest BCUT2D eigenvalue weighted by atomic mass is 79.9. The first-order chi connectivity index (χ1) is 19.3. The summed E-state index contributed by atoms with van der Waals surface area (Å²) in [4.78, 5) is 57.7. The zero-order valence-electron chi connectivity index (χ0n) is 21.2. The van der Waals surface area contributed by atoms with E-state index in [9.17, 15) is 23.6 Å². The SMILES string of the molecule is COc1ccc(C(=O)[C@@H]2[C@@H]3C(=O)N(c4ccc(F)cc4)C(=O)[C@@H]3[C@H]3C=C(C(=O)c4ccccc4)C=CN32)cc1Br. The lowest BCUT2D eigenvalue weighted by molar-refractivity contribution is -0.123. The van der Waals surface area contributed by atoms with Crippen LogP contribution in [0.4, 0.5) is 10.1 Å². The van der Waals surface area contributed by atoms with E-state index in [2.05, 4.69) is 15.9 Å². The second-order valence-electron chi connectivity index (χ2n) is 9.77. The van der Waals surface area contributed by atoms with E-state index in [1.54, 1.807) is 65.7 Å². The number of ketones is 2. The van der Waals surface area contributed by atoms with Crippen LogP contribution in [0.5, 0.6) is 5.75 Å². The number of carbonyl (C=O) groups excluding carboxylic acids is 4. The number of fused-ring (bicyclic) bond motifs is 3. The van der Waals surface area contributed by atoms with Gasteiger partial charge in [0.2, 0.25) is 11.8 Å². The minimum atomic E-state index is -1.01. The average molecular weight is 601 g/mol. The molecule has 0 aromatic heterocycles. The Labute approximate surface area is 237 Å². The molecular weight excluding hydrogens is 579 g/mol. The predicted octanol–water partition coefficient (Wildman–Crippen LogP) is 4.97. The van der Waals surface area contributed by atoms with Crippen molar-refractivity contribution in [3.05, 3.63) is 118 Å². The van der Waals surface area contributed by atoms with Crippen LogP contribution in [0.2, 0.25) is 0 Å². The molecule has 4 atom stereocenters. The lowest BCUT2D eigenvalue weighted by Gasteiger charge is -2.33. The first kappa shape index (κ1) is 25.9. The lowest BCUT2D eigenvalue weighted by Crippen LogP contribution is -2.46. The third kappa shape index (κ3) is 4.08. The van der Waals surface area contributed by atoms with Crippen molar-refractivity contribution in [3.8, 4) is 5.75 Å². The summed E-state index contributed by atoms with van der Waals surface area (Å²) in [5.74, 6) is -3.51. The first-order valence-corrected chi connectivity index (χ1v) is 13.4. The predicted molar refractivity (Wildman–Crippen MR) is 148 cm³/mol. The van der Waals surface area contributed by atoms with Gasteiger partial charge in [0.25, 0.3) is 0 Å². The van der Waals surface area contributed by atoms with Crippen molar-refractivity contribution >= 4 is 45.0 Å². The highest BCUT2D eigenvalue weighted by Gasteiger charge is 2.63. The third-order valence-electron chi connectivity index (χ3n) is 7.64. The Bertz CT molecular complexity index is 1620. The highest BCUT2D eigenvalue weighted by Crippen LogP contribution is 2.47. The third-order valence-corrected chi connectivity index (χ3v) is 8.26. The number of allylic oxidation sites excluding steroid dienone is 2. The quantitative estimate of drug-likeness (QED) is 0.293. The van der Waals surface area contributed by atoms with E-state index in [0.29, 0.717) is 26.9 Å². The molecular formula is C31H22BrFN2O5. The van der Waals surface area contributed by atoms with E-state index in [4.69, 9.17) is 4.74 Å². The van der Waals surface area contributed by atoms with Crippen molar-refractivity contribution in [1.29, 1.82) is 0 Å². The molecule has 3 aliphatic rings. The molecule has 200 valence electrons. The topological polar surface area (TPSA) is 84.0 Å². The molecule has 0 N–H and O–H groups in total. The summed E-state index contributed by atoms with van der Waals surface area (Å²) in [5.41, 5.74) is 1.42. The zero-order valence-corrected chi connectivity index (χ0v) is 22.7. The Kier molecular flexibility index (Phi) is 6.46. The van der Waals surface area contributed by atoms with Gasteiger partial charge >= 0.3 is 0 Å². The Morgan fingerprint density at radius 1 is 0.900 bits per heavy atom. The Morgan fingerprint density at radius 3 is 2.27 bits per heavy atom. The van der Waals surface area contributed by atoms with Crippen LogP contribution in [0.1, 0.15) is 20.7 Å². The van der Waals surface area contributed by atoms with Crippen molar-refractivity contribution < 1.29 is 28.3 Å². The molecule has 0 unspecified atom stereocenters. The summed E-state index contributed by atoms with van der Waals surface area (Å²) in [5, 5.41) is 0. The average Bonchev–Trinajstić information content (AvgIpc) is 3.44. The van der Waals surface area contributed by atoms with Gasteiger partial charge in [-0.1, -0.05) is 36.4 Å². The minimum Gasteiger partial charge on any atom is -0.496 e. The Morgan fingerprint density at radius 2 is 1.60 bits per heavy atom. The van der Waals surface area contributed by atoms with E-state index < -0.39 is 41.6 Å². The number of Topliss-reactive ketones (excluding diaryl/α,β-unsaturated/α-hetero) is 2. The Hall–Kier alpha value is -4.37. The molecule has 0 spiro atoms. The number of benzene rings is 3. The van der Waals surface area contributed by atoms with E-state index in [1.807, 2.05) is 6.07 Å². The summed E-state index contributed by atoms with van der Waals surface area (Å²) < 4.78 is 19.5. The maximum absolute atomic E-state index is 14.0. The molecule has 9 heteroatoms. The van der Waals surface area contributed by atoms with E-state index in [0.717, 1.165) is 4.90 Å². The van der Waals surface area contributed by atoms with Gasteiger partial charge in [-0.15, -0.1) is 0 Å². The molecule has 3 aliphatic heterocycles. The van der Waals surface area contributed by atoms with Crippen molar-refractivity contribution in [2.75, 3.05) is 12.0 Å². The molecule has 6 rings (SSSR count). The smallest absolute Gasteiger partial charge is 0.240 e. The van der Waals surface area contributed by atoms with Gasteiger partial charge < -0.3 is 9.64 Å². The summed E-state index contributed by atoms with van der Waals surface area (Å²) in [6.45, 7) is 0. The van der Waals surface area contributed by atoms with Crippen molar-refractivity contribution in [3.63, 3.8) is 0 Å².